The number of fused-ring (bicyclic) bond motifs is 1. The summed E-state index contributed by atoms with van der Waals surface area (Å²) >= 11 is 0. The predicted octanol–water partition coefficient (Wildman–Crippen LogP) is 3.24. The van der Waals surface area contributed by atoms with Gasteiger partial charge in [0.2, 0.25) is 0 Å². The lowest BCUT2D eigenvalue weighted by atomic mass is 10.2. The molecule has 2 aromatic carbocycles. The zero-order valence-electron chi connectivity index (χ0n) is 10.4. The first-order valence-corrected chi connectivity index (χ1v) is 5.87. The van der Waals surface area contributed by atoms with E-state index in [9.17, 15) is 0 Å². The molecule has 19 heavy (non-hydrogen) atoms. The lowest BCUT2D eigenvalue weighted by molar-refractivity contribution is 0.413. The van der Waals surface area contributed by atoms with E-state index in [0.717, 1.165) is 22.4 Å². The molecule has 0 saturated heterocycles. The molecule has 3 nitrogen and oxygen atoms in total. The minimum Gasteiger partial charge on any atom is -0.495 e. The van der Waals surface area contributed by atoms with Gasteiger partial charge in [-0.25, -0.2) is 4.98 Å². The van der Waals surface area contributed by atoms with Crippen LogP contribution in [0.1, 0.15) is 11.5 Å². The van der Waals surface area contributed by atoms with Crippen molar-refractivity contribution in [2.45, 2.75) is 0 Å². The summed E-state index contributed by atoms with van der Waals surface area (Å²) in [6, 6.07) is 15.2. The Bertz CT molecular complexity index is 745. The van der Waals surface area contributed by atoms with Crippen molar-refractivity contribution in [3.05, 3.63) is 60.0 Å². The highest BCUT2D eigenvalue weighted by atomic mass is 16.5. The van der Waals surface area contributed by atoms with Crippen LogP contribution in [0.15, 0.2) is 52.9 Å². The fourth-order valence-corrected chi connectivity index (χ4v) is 1.79. The highest BCUT2D eigenvalue weighted by Gasteiger charge is 2.02. The molecule has 0 aliphatic rings. The quantitative estimate of drug-likeness (QED) is 0.621. The molecular weight excluding hydrogens is 238 g/mol. The molecule has 1 heterocycles. The highest BCUT2D eigenvalue weighted by molar-refractivity contribution is 5.72. The smallest absolute Gasteiger partial charge is 0.274 e. The Kier molecular flexibility index (Phi) is 2.91. The molecule has 0 unspecified atom stereocenters. The largest absolute Gasteiger partial charge is 0.495 e. The molecular formula is C16H11NO2. The fraction of sp³-hybridized carbons (Fsp3) is 0.0625. The van der Waals surface area contributed by atoms with Crippen LogP contribution in [0.4, 0.5) is 0 Å². The second-order valence-corrected chi connectivity index (χ2v) is 3.94. The van der Waals surface area contributed by atoms with E-state index in [1.165, 1.54) is 0 Å². The molecule has 0 aliphatic heterocycles. The number of hydrogen-bond acceptors (Lipinski definition) is 3. The molecule has 0 radical (unpaired) electrons. The topological polar surface area (TPSA) is 35.3 Å². The Morgan fingerprint density at radius 2 is 1.79 bits per heavy atom. The number of aromatic nitrogens is 1. The van der Waals surface area contributed by atoms with Crippen LogP contribution < -0.4 is 4.74 Å². The van der Waals surface area contributed by atoms with Crippen LogP contribution in [-0.2, 0) is 0 Å². The summed E-state index contributed by atoms with van der Waals surface area (Å²) in [5.74, 6) is 7.08. The van der Waals surface area contributed by atoms with Crippen LogP contribution in [0.3, 0.4) is 0 Å². The van der Waals surface area contributed by atoms with E-state index in [1.54, 1.807) is 7.11 Å². The lowest BCUT2D eigenvalue weighted by Gasteiger charge is -2.00. The van der Waals surface area contributed by atoms with Crippen LogP contribution in [0.2, 0.25) is 0 Å². The SMILES string of the molecule is COc1ccccc1C#Cc1nc2ccccc2o1. The van der Waals surface area contributed by atoms with Gasteiger partial charge in [0, 0.05) is 0 Å². The molecule has 0 amide bonds. The molecule has 3 heteroatoms. The predicted molar refractivity (Wildman–Crippen MR) is 73.0 cm³/mol. The van der Waals surface area contributed by atoms with Crippen molar-refractivity contribution in [2.75, 3.05) is 7.11 Å². The highest BCUT2D eigenvalue weighted by Crippen LogP contribution is 2.17. The van der Waals surface area contributed by atoms with Gasteiger partial charge in [-0.1, -0.05) is 30.2 Å². The number of nitrogens with zero attached hydrogens (tertiary/aromatic N) is 1. The average molecular weight is 249 g/mol. The third kappa shape index (κ3) is 2.29. The Morgan fingerprint density at radius 3 is 2.63 bits per heavy atom. The van der Waals surface area contributed by atoms with Crippen LogP contribution >= 0.6 is 0 Å². The van der Waals surface area contributed by atoms with Gasteiger partial charge in [0.15, 0.2) is 5.58 Å². The van der Waals surface area contributed by atoms with Crippen molar-refractivity contribution in [3.8, 4) is 17.6 Å². The van der Waals surface area contributed by atoms with Gasteiger partial charge < -0.3 is 9.15 Å². The van der Waals surface area contributed by atoms with Gasteiger partial charge >= 0.3 is 0 Å². The van der Waals surface area contributed by atoms with Crippen LogP contribution in [-0.4, -0.2) is 12.1 Å². The van der Waals surface area contributed by atoms with E-state index >= 15 is 0 Å². The first-order chi connectivity index (χ1) is 9.36. The number of methoxy groups -OCH3 is 1. The van der Waals surface area contributed by atoms with Gasteiger partial charge in [0.05, 0.1) is 12.7 Å². The zero-order valence-corrected chi connectivity index (χ0v) is 10.4. The van der Waals surface area contributed by atoms with Gasteiger partial charge in [0.1, 0.15) is 11.3 Å². The molecule has 1 aromatic heterocycles. The monoisotopic (exact) mass is 249 g/mol. The Labute approximate surface area is 110 Å². The van der Waals surface area contributed by atoms with Crippen molar-refractivity contribution >= 4 is 11.1 Å². The van der Waals surface area contributed by atoms with Crippen molar-refractivity contribution in [3.63, 3.8) is 0 Å². The minimum absolute atomic E-state index is 0.409. The van der Waals surface area contributed by atoms with Crippen LogP contribution in [0.5, 0.6) is 5.75 Å². The maximum absolute atomic E-state index is 5.54. The summed E-state index contributed by atoms with van der Waals surface area (Å²) in [7, 11) is 1.62. The van der Waals surface area contributed by atoms with Gasteiger partial charge in [-0.3, -0.25) is 0 Å². The van der Waals surface area contributed by atoms with E-state index in [1.807, 2.05) is 48.5 Å². The molecule has 3 aromatic rings. The third-order valence-corrected chi connectivity index (χ3v) is 2.70. The first kappa shape index (κ1) is 11.4. The number of rotatable bonds is 1. The van der Waals surface area contributed by atoms with Gasteiger partial charge in [-0.2, -0.15) is 0 Å². The maximum atomic E-state index is 5.54. The Balaban J connectivity index is 1.99. The van der Waals surface area contributed by atoms with Crippen molar-refractivity contribution in [1.82, 2.24) is 4.98 Å². The van der Waals surface area contributed by atoms with E-state index in [-0.39, 0.29) is 0 Å². The zero-order chi connectivity index (χ0) is 13.1. The molecule has 0 aliphatic carbocycles. The van der Waals surface area contributed by atoms with Crippen LogP contribution in [0.25, 0.3) is 11.1 Å². The molecule has 0 bridgehead atoms. The second kappa shape index (κ2) is 4.87. The molecule has 0 saturated carbocycles. The number of ether oxygens (including phenoxy) is 1. The minimum atomic E-state index is 0.409. The molecule has 0 fully saturated rings. The van der Waals surface area contributed by atoms with E-state index in [4.69, 9.17) is 9.15 Å². The molecule has 0 atom stereocenters. The third-order valence-electron chi connectivity index (χ3n) is 2.70. The van der Waals surface area contributed by atoms with E-state index in [0.29, 0.717) is 5.89 Å². The van der Waals surface area contributed by atoms with Gasteiger partial charge in [0.25, 0.3) is 5.89 Å². The summed E-state index contributed by atoms with van der Waals surface area (Å²) < 4.78 is 10.8. The van der Waals surface area contributed by atoms with Crippen molar-refractivity contribution in [2.24, 2.45) is 0 Å². The second-order valence-electron chi connectivity index (χ2n) is 3.94. The summed E-state index contributed by atoms with van der Waals surface area (Å²) in [5.41, 5.74) is 2.37. The van der Waals surface area contributed by atoms with Crippen molar-refractivity contribution < 1.29 is 9.15 Å². The van der Waals surface area contributed by atoms with Crippen molar-refractivity contribution in [1.29, 1.82) is 0 Å². The summed E-state index contributed by atoms with van der Waals surface area (Å²) in [6.45, 7) is 0. The standard InChI is InChI=1S/C16H11NO2/c1-18-14-8-4-2-6-12(14)10-11-16-17-13-7-3-5-9-15(13)19-16/h2-9H,1H3. The summed E-state index contributed by atoms with van der Waals surface area (Å²) in [4.78, 5) is 4.30. The van der Waals surface area contributed by atoms with Crippen LogP contribution in [0, 0.1) is 11.8 Å². The number of para-hydroxylation sites is 3. The normalized spacial score (nSPS) is 9.95. The molecule has 0 N–H and O–H groups in total. The average Bonchev–Trinajstić information content (AvgIpc) is 2.88. The van der Waals surface area contributed by atoms with E-state index in [2.05, 4.69) is 16.8 Å². The Hall–Kier alpha value is -2.73. The first-order valence-electron chi connectivity index (χ1n) is 5.87. The molecule has 92 valence electrons. The lowest BCUT2D eigenvalue weighted by Crippen LogP contribution is -1.86. The van der Waals surface area contributed by atoms with Gasteiger partial charge in [-0.15, -0.1) is 0 Å². The number of hydrogen-bond donors (Lipinski definition) is 0. The number of benzene rings is 2. The molecule has 0 spiro atoms. The number of oxazole rings is 1. The maximum Gasteiger partial charge on any atom is 0.274 e. The van der Waals surface area contributed by atoms with E-state index < -0.39 is 0 Å². The Morgan fingerprint density at radius 1 is 1.00 bits per heavy atom. The fourth-order valence-electron chi connectivity index (χ4n) is 1.79. The summed E-state index contributed by atoms with van der Waals surface area (Å²) in [6.07, 6.45) is 0. The van der Waals surface area contributed by atoms with Gasteiger partial charge in [-0.05, 0) is 30.2 Å². The summed E-state index contributed by atoms with van der Waals surface area (Å²) in [5, 5.41) is 0. The molecule has 3 rings (SSSR count).